The highest BCUT2D eigenvalue weighted by atomic mass is 16.5. The number of aryl methyl sites for hydroxylation is 1. The summed E-state index contributed by atoms with van der Waals surface area (Å²) in [7, 11) is 1.75. The first-order valence-electron chi connectivity index (χ1n) is 10.3. The molecule has 0 aromatic heterocycles. The van der Waals surface area contributed by atoms with Crippen molar-refractivity contribution in [2.75, 3.05) is 7.11 Å². The quantitative estimate of drug-likeness (QED) is 0.695. The van der Waals surface area contributed by atoms with Gasteiger partial charge >= 0.3 is 0 Å². The fourth-order valence-electron chi connectivity index (χ4n) is 7.27. The van der Waals surface area contributed by atoms with E-state index in [2.05, 4.69) is 25.1 Å². The first-order valence-corrected chi connectivity index (χ1v) is 10.3. The van der Waals surface area contributed by atoms with E-state index in [0.717, 1.165) is 18.6 Å². The fraction of sp³-hybridized carbons (Fsp3) is 0.696. The predicted octanol–water partition coefficient (Wildman–Crippen LogP) is 5.29. The maximum atomic E-state index is 13.5. The van der Waals surface area contributed by atoms with Gasteiger partial charge in [0.15, 0.2) is 0 Å². The molecule has 0 amide bonds. The van der Waals surface area contributed by atoms with Gasteiger partial charge in [0.1, 0.15) is 11.5 Å². The molecule has 0 N–H and O–H groups in total. The Balaban J connectivity index is 1.51. The van der Waals surface area contributed by atoms with Crippen LogP contribution in [0.4, 0.5) is 0 Å². The molecule has 3 saturated carbocycles. The van der Waals surface area contributed by atoms with Crippen LogP contribution in [0.3, 0.4) is 0 Å². The molecule has 2 heteroatoms. The van der Waals surface area contributed by atoms with Crippen molar-refractivity contribution in [1.29, 1.82) is 0 Å². The molecule has 1 aromatic carbocycles. The van der Waals surface area contributed by atoms with Gasteiger partial charge in [0.2, 0.25) is 0 Å². The zero-order valence-corrected chi connectivity index (χ0v) is 15.6. The number of methoxy groups -OCH3 is 1. The average molecular weight is 338 g/mol. The molecule has 1 spiro atoms. The molecule has 0 radical (unpaired) electrons. The lowest BCUT2D eigenvalue weighted by Gasteiger charge is -2.48. The molecule has 0 saturated heterocycles. The molecule has 4 aliphatic carbocycles. The van der Waals surface area contributed by atoms with E-state index in [9.17, 15) is 4.79 Å². The van der Waals surface area contributed by atoms with E-state index in [1.54, 1.807) is 12.7 Å². The third-order valence-electron chi connectivity index (χ3n) is 8.50. The Hall–Kier alpha value is -1.31. The Morgan fingerprint density at radius 3 is 2.68 bits per heavy atom. The topological polar surface area (TPSA) is 26.3 Å². The molecule has 134 valence electrons. The third kappa shape index (κ3) is 2.06. The van der Waals surface area contributed by atoms with Crippen molar-refractivity contribution in [3.05, 3.63) is 29.3 Å². The summed E-state index contributed by atoms with van der Waals surface area (Å²) < 4.78 is 5.43. The number of ketones is 1. The van der Waals surface area contributed by atoms with Crippen molar-refractivity contribution < 1.29 is 9.53 Å². The van der Waals surface area contributed by atoms with Crippen molar-refractivity contribution in [2.45, 2.75) is 70.6 Å². The summed E-state index contributed by atoms with van der Waals surface area (Å²) in [6.45, 7) is 2.33. The maximum Gasteiger partial charge on any atom is 0.145 e. The molecule has 1 aromatic rings. The normalized spacial score (nSPS) is 38.3. The summed E-state index contributed by atoms with van der Waals surface area (Å²) in [5.41, 5.74) is 3.08. The van der Waals surface area contributed by atoms with Crippen molar-refractivity contribution in [3.63, 3.8) is 0 Å². The number of hydrogen-bond acceptors (Lipinski definition) is 2. The number of rotatable bonds is 1. The van der Waals surface area contributed by atoms with Crippen LogP contribution in [0.5, 0.6) is 5.75 Å². The lowest BCUT2D eigenvalue weighted by molar-refractivity contribution is -0.135. The van der Waals surface area contributed by atoms with Crippen molar-refractivity contribution in [1.82, 2.24) is 0 Å². The van der Waals surface area contributed by atoms with Crippen LogP contribution in [0, 0.1) is 22.7 Å². The molecule has 4 aliphatic rings. The van der Waals surface area contributed by atoms with E-state index >= 15 is 0 Å². The second-order valence-corrected chi connectivity index (χ2v) is 9.46. The summed E-state index contributed by atoms with van der Waals surface area (Å²) in [6, 6.07) is 6.70. The molecule has 4 atom stereocenters. The number of ether oxygens (including phenoxy) is 1. The van der Waals surface area contributed by atoms with Crippen LogP contribution in [0.1, 0.15) is 75.3 Å². The predicted molar refractivity (Wildman–Crippen MR) is 98.9 cm³/mol. The molecular weight excluding hydrogens is 308 g/mol. The molecule has 3 fully saturated rings. The Bertz CT molecular complexity index is 715. The minimum Gasteiger partial charge on any atom is -0.497 e. The molecule has 2 nitrogen and oxygen atoms in total. The second-order valence-electron chi connectivity index (χ2n) is 9.46. The summed E-state index contributed by atoms with van der Waals surface area (Å²) >= 11 is 0. The van der Waals surface area contributed by atoms with Gasteiger partial charge < -0.3 is 4.74 Å². The maximum absolute atomic E-state index is 13.5. The Morgan fingerprint density at radius 2 is 1.92 bits per heavy atom. The fourth-order valence-corrected chi connectivity index (χ4v) is 7.27. The minimum atomic E-state index is -0.0323. The van der Waals surface area contributed by atoms with Crippen LogP contribution >= 0.6 is 0 Å². The van der Waals surface area contributed by atoms with Crippen molar-refractivity contribution in [3.8, 4) is 5.75 Å². The van der Waals surface area contributed by atoms with Gasteiger partial charge in [-0.05, 0) is 86.0 Å². The van der Waals surface area contributed by atoms with Gasteiger partial charge in [-0.3, -0.25) is 4.79 Å². The van der Waals surface area contributed by atoms with Gasteiger partial charge in [-0.1, -0.05) is 25.8 Å². The highest BCUT2D eigenvalue weighted by Crippen LogP contribution is 2.66. The molecule has 25 heavy (non-hydrogen) atoms. The van der Waals surface area contributed by atoms with E-state index in [1.807, 2.05) is 0 Å². The monoisotopic (exact) mass is 338 g/mol. The molecule has 0 bridgehead atoms. The first-order chi connectivity index (χ1) is 12.1. The SMILES string of the molecule is COc1ccc2c(c1)CC[C@@H]1[C@@H]2CC[C@]2(C)C(=O)C3(CCCC3)C[C@@H]12. The van der Waals surface area contributed by atoms with E-state index in [0.29, 0.717) is 23.5 Å². The smallest absolute Gasteiger partial charge is 0.145 e. The van der Waals surface area contributed by atoms with Gasteiger partial charge in [-0.15, -0.1) is 0 Å². The Morgan fingerprint density at radius 1 is 1.12 bits per heavy atom. The number of carbonyl (C=O) groups is 1. The number of fused-ring (bicyclic) bond motifs is 5. The van der Waals surface area contributed by atoms with Crippen LogP contribution in [0.2, 0.25) is 0 Å². The van der Waals surface area contributed by atoms with Gasteiger partial charge in [-0.25, -0.2) is 0 Å². The van der Waals surface area contributed by atoms with E-state index in [4.69, 9.17) is 4.74 Å². The van der Waals surface area contributed by atoms with Crippen LogP contribution in [0.15, 0.2) is 18.2 Å². The number of carbonyl (C=O) groups excluding carboxylic acids is 1. The molecule has 0 aliphatic heterocycles. The average Bonchev–Trinajstić information content (AvgIpc) is 3.19. The Kier molecular flexibility index (Phi) is 3.40. The summed E-state index contributed by atoms with van der Waals surface area (Å²) in [6.07, 6.45) is 10.8. The van der Waals surface area contributed by atoms with Crippen molar-refractivity contribution in [2.24, 2.45) is 22.7 Å². The highest BCUT2D eigenvalue weighted by Gasteiger charge is 2.63. The van der Waals surface area contributed by atoms with E-state index in [-0.39, 0.29) is 10.8 Å². The number of Topliss-reactive ketones (excluding diaryl/α,β-unsaturated/α-hetero) is 1. The number of benzene rings is 1. The molecular formula is C23H30O2. The van der Waals surface area contributed by atoms with Gasteiger partial charge in [0.05, 0.1) is 7.11 Å². The Labute approximate surface area is 151 Å². The molecule has 0 heterocycles. The zero-order chi connectivity index (χ0) is 17.2. The van der Waals surface area contributed by atoms with Crippen LogP contribution in [0.25, 0.3) is 0 Å². The summed E-state index contributed by atoms with van der Waals surface area (Å²) in [5.74, 6) is 3.63. The standard InChI is InChI=1S/C23H30O2/c1-22-12-9-18-17-8-6-16(25-2)13-15(17)5-7-19(18)20(22)14-23(21(22)24)10-3-4-11-23/h6,8,13,18-20H,3-5,7,9-12,14H2,1-2H3/t18-,19-,20+,22+/m1/s1. The first kappa shape index (κ1) is 15.9. The van der Waals surface area contributed by atoms with Crippen LogP contribution in [-0.4, -0.2) is 12.9 Å². The summed E-state index contributed by atoms with van der Waals surface area (Å²) in [5, 5.41) is 0. The second kappa shape index (κ2) is 5.34. The van der Waals surface area contributed by atoms with Crippen LogP contribution in [-0.2, 0) is 11.2 Å². The minimum absolute atomic E-state index is 0.0323. The third-order valence-corrected chi connectivity index (χ3v) is 8.50. The largest absolute Gasteiger partial charge is 0.497 e. The number of hydrogen-bond donors (Lipinski definition) is 0. The van der Waals surface area contributed by atoms with Gasteiger partial charge in [0.25, 0.3) is 0 Å². The van der Waals surface area contributed by atoms with Crippen molar-refractivity contribution >= 4 is 5.78 Å². The van der Waals surface area contributed by atoms with Crippen LogP contribution < -0.4 is 4.74 Å². The van der Waals surface area contributed by atoms with Gasteiger partial charge in [0, 0.05) is 10.8 Å². The van der Waals surface area contributed by atoms with E-state index < -0.39 is 0 Å². The highest BCUT2D eigenvalue weighted by molar-refractivity contribution is 5.93. The molecule has 5 rings (SSSR count). The lowest BCUT2D eigenvalue weighted by Crippen LogP contribution is -2.43. The molecule has 0 unspecified atom stereocenters. The van der Waals surface area contributed by atoms with E-state index in [1.165, 1.54) is 50.5 Å². The van der Waals surface area contributed by atoms with Gasteiger partial charge in [-0.2, -0.15) is 0 Å². The lowest BCUT2D eigenvalue weighted by atomic mass is 9.55. The zero-order valence-electron chi connectivity index (χ0n) is 15.6. The summed E-state index contributed by atoms with van der Waals surface area (Å²) in [4.78, 5) is 13.5.